The van der Waals surface area contributed by atoms with Crippen LogP contribution in [0.15, 0.2) is 53.3 Å². The van der Waals surface area contributed by atoms with Gasteiger partial charge in [0.25, 0.3) is 0 Å². The minimum absolute atomic E-state index is 0.0615. The van der Waals surface area contributed by atoms with Crippen molar-refractivity contribution in [2.24, 2.45) is 0 Å². The Labute approximate surface area is 120 Å². The number of hydrogen-bond donors (Lipinski definition) is 2. The summed E-state index contributed by atoms with van der Waals surface area (Å²) in [5, 5.41) is 20.2. The highest BCUT2D eigenvalue weighted by Crippen LogP contribution is 2.21. The molecule has 0 amide bonds. The Kier molecular flexibility index (Phi) is 3.51. The SMILES string of the molecule is Oc1ccc(F)cc1CNc1ccc(-c2nnco2)cc1. The predicted octanol–water partition coefficient (Wildman–Crippen LogP) is 3.19. The Morgan fingerprint density at radius 1 is 1.14 bits per heavy atom. The summed E-state index contributed by atoms with van der Waals surface area (Å²) in [4.78, 5) is 0. The van der Waals surface area contributed by atoms with Crippen molar-refractivity contribution >= 4 is 5.69 Å². The average Bonchev–Trinajstić information content (AvgIpc) is 3.03. The Bertz CT molecular complexity index is 727. The van der Waals surface area contributed by atoms with E-state index in [1.54, 1.807) is 0 Å². The molecule has 3 aromatic rings. The number of phenolic OH excluding ortho intramolecular Hbond substituents is 1. The predicted molar refractivity (Wildman–Crippen MR) is 75.1 cm³/mol. The van der Waals surface area contributed by atoms with Gasteiger partial charge in [-0.15, -0.1) is 10.2 Å². The van der Waals surface area contributed by atoms with Crippen LogP contribution in [0.4, 0.5) is 10.1 Å². The molecular weight excluding hydrogens is 273 g/mol. The van der Waals surface area contributed by atoms with Crippen LogP contribution in [0.25, 0.3) is 11.5 Å². The smallest absolute Gasteiger partial charge is 0.247 e. The van der Waals surface area contributed by atoms with E-state index < -0.39 is 0 Å². The molecule has 6 heteroatoms. The van der Waals surface area contributed by atoms with Gasteiger partial charge >= 0.3 is 0 Å². The average molecular weight is 285 g/mol. The largest absolute Gasteiger partial charge is 0.508 e. The summed E-state index contributed by atoms with van der Waals surface area (Å²) in [6.07, 6.45) is 1.27. The number of phenols is 1. The highest BCUT2D eigenvalue weighted by atomic mass is 19.1. The van der Waals surface area contributed by atoms with Gasteiger partial charge in [0.05, 0.1) is 0 Å². The summed E-state index contributed by atoms with van der Waals surface area (Å²) in [6, 6.07) is 11.2. The molecule has 0 fully saturated rings. The lowest BCUT2D eigenvalue weighted by atomic mass is 10.1. The Hall–Kier alpha value is -2.89. The van der Waals surface area contributed by atoms with Crippen molar-refractivity contribution in [2.45, 2.75) is 6.54 Å². The number of benzene rings is 2. The van der Waals surface area contributed by atoms with Crippen molar-refractivity contribution in [1.82, 2.24) is 10.2 Å². The monoisotopic (exact) mass is 285 g/mol. The molecule has 0 radical (unpaired) electrons. The maximum absolute atomic E-state index is 13.1. The fourth-order valence-electron chi connectivity index (χ4n) is 1.92. The molecule has 2 aromatic carbocycles. The van der Waals surface area contributed by atoms with E-state index in [1.165, 1.54) is 24.6 Å². The number of rotatable bonds is 4. The van der Waals surface area contributed by atoms with Crippen LogP contribution >= 0.6 is 0 Å². The number of halogens is 1. The third kappa shape index (κ3) is 3.00. The number of hydrogen-bond acceptors (Lipinski definition) is 5. The van der Waals surface area contributed by atoms with Gasteiger partial charge in [0.2, 0.25) is 12.3 Å². The van der Waals surface area contributed by atoms with Crippen LogP contribution in [-0.4, -0.2) is 15.3 Å². The highest BCUT2D eigenvalue weighted by Gasteiger charge is 2.05. The van der Waals surface area contributed by atoms with Crippen LogP contribution < -0.4 is 5.32 Å². The summed E-state index contributed by atoms with van der Waals surface area (Å²) in [7, 11) is 0. The molecule has 0 saturated heterocycles. The van der Waals surface area contributed by atoms with Crippen LogP contribution in [0.1, 0.15) is 5.56 Å². The molecule has 106 valence electrons. The lowest BCUT2D eigenvalue weighted by Gasteiger charge is -2.08. The molecule has 0 unspecified atom stereocenters. The van der Waals surface area contributed by atoms with Gasteiger partial charge in [-0.2, -0.15) is 0 Å². The Balaban J connectivity index is 1.70. The molecule has 0 spiro atoms. The molecule has 0 aliphatic carbocycles. The summed E-state index contributed by atoms with van der Waals surface area (Å²) in [5.41, 5.74) is 2.14. The molecule has 0 saturated carbocycles. The molecule has 1 aromatic heterocycles. The van der Waals surface area contributed by atoms with E-state index in [2.05, 4.69) is 15.5 Å². The van der Waals surface area contributed by atoms with Gasteiger partial charge in [-0.1, -0.05) is 0 Å². The second-order valence-corrected chi connectivity index (χ2v) is 4.45. The van der Waals surface area contributed by atoms with Crippen molar-refractivity contribution in [1.29, 1.82) is 0 Å². The van der Waals surface area contributed by atoms with Crippen LogP contribution in [0.2, 0.25) is 0 Å². The van der Waals surface area contributed by atoms with E-state index in [9.17, 15) is 9.50 Å². The number of aromatic nitrogens is 2. The van der Waals surface area contributed by atoms with E-state index >= 15 is 0 Å². The minimum Gasteiger partial charge on any atom is -0.508 e. The number of anilines is 1. The lowest BCUT2D eigenvalue weighted by molar-refractivity contribution is 0.466. The third-order valence-electron chi connectivity index (χ3n) is 3.02. The first-order valence-electron chi connectivity index (χ1n) is 6.30. The summed E-state index contributed by atoms with van der Waals surface area (Å²) < 4.78 is 18.2. The van der Waals surface area contributed by atoms with Crippen molar-refractivity contribution in [3.8, 4) is 17.2 Å². The zero-order valence-electron chi connectivity index (χ0n) is 11.0. The fraction of sp³-hybridized carbons (Fsp3) is 0.0667. The second-order valence-electron chi connectivity index (χ2n) is 4.45. The molecule has 5 nitrogen and oxygen atoms in total. The van der Waals surface area contributed by atoms with Gasteiger partial charge < -0.3 is 14.8 Å². The molecule has 0 aliphatic heterocycles. The fourth-order valence-corrected chi connectivity index (χ4v) is 1.92. The Morgan fingerprint density at radius 2 is 1.95 bits per heavy atom. The molecule has 21 heavy (non-hydrogen) atoms. The Morgan fingerprint density at radius 3 is 2.67 bits per heavy atom. The highest BCUT2D eigenvalue weighted by molar-refractivity contribution is 5.58. The van der Waals surface area contributed by atoms with Crippen LogP contribution in [0, 0.1) is 5.82 Å². The van der Waals surface area contributed by atoms with E-state index in [0.29, 0.717) is 18.0 Å². The first-order valence-corrected chi connectivity index (χ1v) is 6.30. The van der Waals surface area contributed by atoms with Crippen LogP contribution in [0.3, 0.4) is 0 Å². The molecule has 0 bridgehead atoms. The molecule has 0 aliphatic rings. The zero-order valence-corrected chi connectivity index (χ0v) is 11.0. The van der Waals surface area contributed by atoms with E-state index in [0.717, 1.165) is 11.3 Å². The van der Waals surface area contributed by atoms with E-state index in [4.69, 9.17) is 4.42 Å². The van der Waals surface area contributed by atoms with Crippen LogP contribution in [-0.2, 0) is 6.54 Å². The summed E-state index contributed by atoms with van der Waals surface area (Å²) in [5.74, 6) is 0.132. The molecule has 0 atom stereocenters. The first kappa shape index (κ1) is 13.1. The number of aromatic hydroxyl groups is 1. The minimum atomic E-state index is -0.378. The van der Waals surface area contributed by atoms with Gasteiger partial charge in [-0.05, 0) is 42.5 Å². The topological polar surface area (TPSA) is 71.2 Å². The summed E-state index contributed by atoms with van der Waals surface area (Å²) in [6.45, 7) is 0.323. The quantitative estimate of drug-likeness (QED) is 0.770. The zero-order chi connectivity index (χ0) is 14.7. The van der Waals surface area contributed by atoms with Gasteiger partial charge in [0.15, 0.2) is 0 Å². The number of nitrogens with one attached hydrogen (secondary N) is 1. The molecular formula is C15H12FN3O2. The molecule has 1 heterocycles. The van der Waals surface area contributed by atoms with Crippen LogP contribution in [0.5, 0.6) is 5.75 Å². The van der Waals surface area contributed by atoms with Gasteiger partial charge in [-0.25, -0.2) is 4.39 Å². The number of nitrogens with zero attached hydrogens (tertiary/aromatic N) is 2. The van der Waals surface area contributed by atoms with Gasteiger partial charge in [-0.3, -0.25) is 0 Å². The third-order valence-corrected chi connectivity index (χ3v) is 3.02. The first-order chi connectivity index (χ1) is 10.2. The van der Waals surface area contributed by atoms with Gasteiger partial charge in [0, 0.05) is 23.4 Å². The second kappa shape index (κ2) is 5.62. The van der Waals surface area contributed by atoms with Gasteiger partial charge in [0.1, 0.15) is 11.6 Å². The lowest BCUT2D eigenvalue weighted by Crippen LogP contribution is -2.00. The molecule has 2 N–H and O–H groups in total. The standard InChI is InChI=1S/C15H12FN3O2/c16-12-3-6-14(20)11(7-12)8-17-13-4-1-10(2-5-13)15-19-18-9-21-15/h1-7,9,17,20H,8H2. The van der Waals surface area contributed by atoms with Crippen molar-refractivity contribution in [3.05, 3.63) is 60.2 Å². The van der Waals surface area contributed by atoms with Crippen molar-refractivity contribution < 1.29 is 13.9 Å². The normalized spacial score (nSPS) is 10.5. The van der Waals surface area contributed by atoms with Crippen molar-refractivity contribution in [2.75, 3.05) is 5.32 Å². The van der Waals surface area contributed by atoms with Crippen molar-refractivity contribution in [3.63, 3.8) is 0 Å². The van der Waals surface area contributed by atoms with E-state index in [-0.39, 0.29) is 11.6 Å². The summed E-state index contributed by atoms with van der Waals surface area (Å²) >= 11 is 0. The maximum Gasteiger partial charge on any atom is 0.247 e. The molecule has 3 rings (SSSR count). The van der Waals surface area contributed by atoms with E-state index in [1.807, 2.05) is 24.3 Å². The maximum atomic E-state index is 13.1.